The molecule has 0 saturated carbocycles. The van der Waals surface area contributed by atoms with Crippen LogP contribution in [0.5, 0.6) is 0 Å². The fourth-order valence-electron chi connectivity index (χ4n) is 3.07. The number of amides is 1. The van der Waals surface area contributed by atoms with Crippen LogP contribution in [0.15, 0.2) is 29.3 Å². The van der Waals surface area contributed by atoms with Gasteiger partial charge in [-0.3, -0.25) is 14.7 Å². The number of morpholine rings is 1. The van der Waals surface area contributed by atoms with Crippen LogP contribution in [-0.2, 0) is 9.53 Å². The van der Waals surface area contributed by atoms with Crippen molar-refractivity contribution in [3.8, 4) is 0 Å². The van der Waals surface area contributed by atoms with E-state index in [1.54, 1.807) is 7.05 Å². The van der Waals surface area contributed by atoms with E-state index in [1.165, 1.54) is 5.56 Å². The first-order valence-corrected chi connectivity index (χ1v) is 9.99. The van der Waals surface area contributed by atoms with Crippen LogP contribution in [0.1, 0.15) is 32.4 Å². The van der Waals surface area contributed by atoms with E-state index in [9.17, 15) is 4.79 Å². The number of hydrogen-bond donors (Lipinski definition) is 3. The average Bonchev–Trinajstić information content (AvgIpc) is 2.65. The third-order valence-electron chi connectivity index (χ3n) is 4.36. The second-order valence-corrected chi connectivity index (χ2v) is 8.26. The van der Waals surface area contributed by atoms with E-state index in [0.717, 1.165) is 31.3 Å². The van der Waals surface area contributed by atoms with E-state index < -0.39 is 0 Å². The van der Waals surface area contributed by atoms with E-state index in [1.807, 2.05) is 32.9 Å². The summed E-state index contributed by atoms with van der Waals surface area (Å²) in [6.07, 6.45) is 0. The maximum Gasteiger partial charge on any atom is 0.239 e. The molecule has 1 aromatic rings. The average molecular weight is 410 g/mol. The standard InChI is InChI=1S/C20H32ClN5O2/c1-20(2,3)25-18(27)14-24-19(22-4)23-13-17(26-9-11-28-12-10-26)15-5-7-16(21)8-6-15/h5-8,17H,9-14H2,1-4H3,(H,25,27)(H2,22,23,24). The third kappa shape index (κ3) is 7.66. The summed E-state index contributed by atoms with van der Waals surface area (Å²) < 4.78 is 5.49. The molecule has 1 unspecified atom stereocenters. The van der Waals surface area contributed by atoms with Gasteiger partial charge in [-0.25, -0.2) is 0 Å². The molecule has 156 valence electrons. The van der Waals surface area contributed by atoms with Crippen molar-refractivity contribution >= 4 is 23.5 Å². The van der Waals surface area contributed by atoms with Crippen LogP contribution in [0.4, 0.5) is 0 Å². The fraction of sp³-hybridized carbons (Fsp3) is 0.600. The van der Waals surface area contributed by atoms with Crippen molar-refractivity contribution in [1.29, 1.82) is 0 Å². The maximum atomic E-state index is 12.0. The Kier molecular flexibility index (Phi) is 8.54. The second-order valence-electron chi connectivity index (χ2n) is 7.82. The van der Waals surface area contributed by atoms with E-state index >= 15 is 0 Å². The van der Waals surface area contributed by atoms with Gasteiger partial charge < -0.3 is 20.7 Å². The highest BCUT2D eigenvalue weighted by Gasteiger charge is 2.23. The number of rotatable bonds is 6. The Morgan fingerprint density at radius 3 is 2.43 bits per heavy atom. The summed E-state index contributed by atoms with van der Waals surface area (Å²) >= 11 is 6.05. The molecule has 1 aromatic carbocycles. The summed E-state index contributed by atoms with van der Waals surface area (Å²) in [4.78, 5) is 18.6. The van der Waals surface area contributed by atoms with Crippen LogP contribution < -0.4 is 16.0 Å². The lowest BCUT2D eigenvalue weighted by Gasteiger charge is -2.35. The van der Waals surface area contributed by atoms with Crippen molar-refractivity contribution in [2.75, 3.05) is 46.4 Å². The zero-order chi connectivity index (χ0) is 20.6. The Balaban J connectivity index is 1.96. The van der Waals surface area contributed by atoms with Crippen LogP contribution >= 0.6 is 11.6 Å². The van der Waals surface area contributed by atoms with Gasteiger partial charge in [-0.05, 0) is 38.5 Å². The van der Waals surface area contributed by atoms with E-state index in [4.69, 9.17) is 16.3 Å². The van der Waals surface area contributed by atoms with Gasteiger partial charge in [0.15, 0.2) is 5.96 Å². The molecule has 0 aliphatic carbocycles. The molecule has 1 aliphatic rings. The van der Waals surface area contributed by atoms with Crippen molar-refractivity contribution in [3.63, 3.8) is 0 Å². The molecule has 8 heteroatoms. The molecule has 0 spiro atoms. The fourth-order valence-corrected chi connectivity index (χ4v) is 3.20. The minimum Gasteiger partial charge on any atom is -0.379 e. The molecular formula is C20H32ClN5O2. The molecule has 1 fully saturated rings. The molecule has 28 heavy (non-hydrogen) atoms. The molecule has 7 nitrogen and oxygen atoms in total. The first-order chi connectivity index (χ1) is 13.3. The number of guanidine groups is 1. The number of ether oxygens (including phenoxy) is 1. The largest absolute Gasteiger partial charge is 0.379 e. The Labute approximate surface area is 172 Å². The van der Waals surface area contributed by atoms with Gasteiger partial charge >= 0.3 is 0 Å². The zero-order valence-corrected chi connectivity index (χ0v) is 18.0. The SMILES string of the molecule is CN=C(NCC(=O)NC(C)(C)C)NCC(c1ccc(Cl)cc1)N1CCOCC1. The van der Waals surface area contributed by atoms with Gasteiger partial charge in [0.2, 0.25) is 5.91 Å². The number of carbonyl (C=O) groups excluding carboxylic acids is 1. The minimum atomic E-state index is -0.258. The van der Waals surface area contributed by atoms with Crippen molar-refractivity contribution in [3.05, 3.63) is 34.9 Å². The van der Waals surface area contributed by atoms with E-state index in [-0.39, 0.29) is 24.0 Å². The van der Waals surface area contributed by atoms with Gasteiger partial charge in [-0.2, -0.15) is 0 Å². The summed E-state index contributed by atoms with van der Waals surface area (Å²) in [5, 5.41) is 10.1. The van der Waals surface area contributed by atoms with Crippen molar-refractivity contribution in [2.24, 2.45) is 4.99 Å². The smallest absolute Gasteiger partial charge is 0.239 e. The quantitative estimate of drug-likeness (QED) is 0.493. The molecular weight excluding hydrogens is 378 g/mol. The first kappa shape index (κ1) is 22.5. The highest BCUT2D eigenvalue weighted by atomic mass is 35.5. The summed E-state index contributed by atoms with van der Waals surface area (Å²) in [6, 6.07) is 8.08. The Hall–Kier alpha value is -1.83. The van der Waals surface area contributed by atoms with Gasteiger partial charge in [0.1, 0.15) is 0 Å². The zero-order valence-electron chi connectivity index (χ0n) is 17.2. The van der Waals surface area contributed by atoms with Crippen LogP contribution in [0.2, 0.25) is 5.02 Å². The molecule has 1 heterocycles. The number of aliphatic imine (C=N–C) groups is 1. The van der Waals surface area contributed by atoms with Crippen molar-refractivity contribution in [1.82, 2.24) is 20.9 Å². The number of hydrogen-bond acceptors (Lipinski definition) is 4. The van der Waals surface area contributed by atoms with Gasteiger partial charge in [-0.15, -0.1) is 0 Å². The summed E-state index contributed by atoms with van der Waals surface area (Å²) in [5.74, 6) is 0.522. The molecule has 0 radical (unpaired) electrons. The lowest BCUT2D eigenvalue weighted by atomic mass is 10.0. The van der Waals surface area contributed by atoms with Crippen LogP contribution in [0.25, 0.3) is 0 Å². The second kappa shape index (κ2) is 10.6. The number of halogens is 1. The monoisotopic (exact) mass is 409 g/mol. The summed E-state index contributed by atoms with van der Waals surface area (Å²) in [7, 11) is 1.70. The molecule has 1 atom stereocenters. The predicted molar refractivity (Wildman–Crippen MR) is 114 cm³/mol. The lowest BCUT2D eigenvalue weighted by Crippen LogP contribution is -2.50. The number of nitrogens with one attached hydrogen (secondary N) is 3. The molecule has 0 aromatic heterocycles. The van der Waals surface area contributed by atoms with Gasteiger partial charge in [-0.1, -0.05) is 23.7 Å². The predicted octanol–water partition coefficient (Wildman–Crippen LogP) is 1.79. The van der Waals surface area contributed by atoms with Gasteiger partial charge in [0, 0.05) is 37.2 Å². The third-order valence-corrected chi connectivity index (χ3v) is 4.61. The Morgan fingerprint density at radius 2 is 1.86 bits per heavy atom. The van der Waals surface area contributed by atoms with E-state index in [2.05, 4.69) is 38.0 Å². The molecule has 1 amide bonds. The van der Waals surface area contributed by atoms with Crippen LogP contribution in [0.3, 0.4) is 0 Å². The highest BCUT2D eigenvalue weighted by Crippen LogP contribution is 2.23. The summed E-state index contributed by atoms with van der Waals surface area (Å²) in [5.41, 5.74) is 0.922. The van der Waals surface area contributed by atoms with Crippen LogP contribution in [0, 0.1) is 0 Å². The topological polar surface area (TPSA) is 78.0 Å². The van der Waals surface area contributed by atoms with E-state index in [0.29, 0.717) is 12.5 Å². The minimum absolute atomic E-state index is 0.0714. The van der Waals surface area contributed by atoms with Crippen molar-refractivity contribution < 1.29 is 9.53 Å². The van der Waals surface area contributed by atoms with Crippen molar-refractivity contribution in [2.45, 2.75) is 32.4 Å². The molecule has 1 aliphatic heterocycles. The maximum absolute atomic E-state index is 12.0. The van der Waals surface area contributed by atoms with Crippen LogP contribution in [-0.4, -0.2) is 68.7 Å². The molecule has 1 saturated heterocycles. The number of benzene rings is 1. The van der Waals surface area contributed by atoms with Gasteiger partial charge in [0.25, 0.3) is 0 Å². The molecule has 0 bridgehead atoms. The van der Waals surface area contributed by atoms with Gasteiger partial charge in [0.05, 0.1) is 25.8 Å². The first-order valence-electron chi connectivity index (χ1n) is 9.61. The normalized spacial score (nSPS) is 17.1. The number of carbonyl (C=O) groups is 1. The number of nitrogens with zero attached hydrogens (tertiary/aromatic N) is 2. The molecule has 3 N–H and O–H groups in total. The highest BCUT2D eigenvalue weighted by molar-refractivity contribution is 6.30. The molecule has 2 rings (SSSR count). The lowest BCUT2D eigenvalue weighted by molar-refractivity contribution is -0.121. The summed E-state index contributed by atoms with van der Waals surface area (Å²) in [6.45, 7) is 9.88. The Bertz CT molecular complexity index is 652. The Morgan fingerprint density at radius 1 is 1.21 bits per heavy atom.